The van der Waals surface area contributed by atoms with Gasteiger partial charge in [0.15, 0.2) is 5.76 Å². The third kappa shape index (κ3) is 2.81. The van der Waals surface area contributed by atoms with Gasteiger partial charge in [0.2, 0.25) is 10.0 Å². The molecule has 1 fully saturated rings. The second-order valence-corrected chi connectivity index (χ2v) is 7.72. The first-order chi connectivity index (χ1) is 10.9. The van der Waals surface area contributed by atoms with Crippen LogP contribution in [0.4, 0.5) is 0 Å². The number of hydrogen-bond acceptors (Lipinski definition) is 6. The molecule has 1 aliphatic heterocycles. The van der Waals surface area contributed by atoms with Crippen LogP contribution in [0, 0.1) is 13.8 Å². The van der Waals surface area contributed by atoms with Gasteiger partial charge in [-0.2, -0.15) is 4.31 Å². The van der Waals surface area contributed by atoms with Gasteiger partial charge in [-0.3, -0.25) is 0 Å². The monoisotopic (exact) mass is 339 g/mol. The summed E-state index contributed by atoms with van der Waals surface area (Å²) in [5, 5.41) is 7.85. The number of hydrogen-bond donors (Lipinski definition) is 0. The Bertz CT molecular complexity index is 774. The molecular formula is C15H21N3O4S. The molecule has 0 N–H and O–H groups in total. The van der Waals surface area contributed by atoms with E-state index in [9.17, 15) is 8.42 Å². The maximum Gasteiger partial charge on any atom is 0.249 e. The van der Waals surface area contributed by atoms with Crippen LogP contribution >= 0.6 is 0 Å². The van der Waals surface area contributed by atoms with Crippen LogP contribution in [0.3, 0.4) is 0 Å². The van der Waals surface area contributed by atoms with E-state index in [1.807, 2.05) is 6.07 Å². The third-order valence-corrected chi connectivity index (χ3v) is 6.31. The van der Waals surface area contributed by atoms with Crippen molar-refractivity contribution >= 4 is 10.0 Å². The fourth-order valence-electron chi connectivity index (χ4n) is 3.13. The van der Waals surface area contributed by atoms with Gasteiger partial charge in [0.1, 0.15) is 22.0 Å². The van der Waals surface area contributed by atoms with Gasteiger partial charge in [-0.15, -0.1) is 0 Å². The van der Waals surface area contributed by atoms with Crippen LogP contribution in [0.2, 0.25) is 0 Å². The quantitative estimate of drug-likeness (QED) is 0.832. The molecule has 126 valence electrons. The molecule has 7 nitrogen and oxygen atoms in total. The normalized spacial score (nSPS) is 19.5. The summed E-state index contributed by atoms with van der Waals surface area (Å²) in [5.41, 5.74) is 1.07. The van der Waals surface area contributed by atoms with Gasteiger partial charge >= 0.3 is 0 Å². The van der Waals surface area contributed by atoms with Gasteiger partial charge in [-0.25, -0.2) is 8.42 Å². The first-order valence-electron chi connectivity index (χ1n) is 7.85. The molecule has 0 radical (unpaired) electrons. The molecule has 0 aliphatic carbocycles. The van der Waals surface area contributed by atoms with E-state index >= 15 is 0 Å². The summed E-state index contributed by atoms with van der Waals surface area (Å²) in [6, 6.07) is 1.58. The number of nitrogens with zero attached hydrogens (tertiary/aromatic N) is 3. The minimum atomic E-state index is -3.66. The van der Waals surface area contributed by atoms with Crippen molar-refractivity contribution in [1.82, 2.24) is 14.6 Å². The van der Waals surface area contributed by atoms with E-state index in [-0.39, 0.29) is 10.9 Å². The lowest BCUT2D eigenvalue weighted by Gasteiger charge is -2.22. The Labute approximate surface area is 135 Å². The highest BCUT2D eigenvalue weighted by Gasteiger charge is 2.40. The highest BCUT2D eigenvalue weighted by molar-refractivity contribution is 7.89. The number of sulfonamides is 1. The van der Waals surface area contributed by atoms with E-state index < -0.39 is 10.0 Å². The molecule has 0 bridgehead atoms. The smallest absolute Gasteiger partial charge is 0.249 e. The highest BCUT2D eigenvalue weighted by atomic mass is 32.2. The molecular weight excluding hydrogens is 318 g/mol. The Morgan fingerprint density at radius 3 is 2.74 bits per heavy atom. The van der Waals surface area contributed by atoms with E-state index in [1.54, 1.807) is 13.8 Å². The molecule has 3 rings (SSSR count). The van der Waals surface area contributed by atoms with Crippen LogP contribution in [-0.2, 0) is 16.4 Å². The van der Waals surface area contributed by atoms with Crippen LogP contribution in [0.25, 0.3) is 0 Å². The Hall–Kier alpha value is -1.67. The zero-order valence-electron chi connectivity index (χ0n) is 13.6. The summed E-state index contributed by atoms with van der Waals surface area (Å²) < 4.78 is 37.9. The Morgan fingerprint density at radius 1 is 1.30 bits per heavy atom. The summed E-state index contributed by atoms with van der Waals surface area (Å²) in [5.74, 6) is 1.11. The molecule has 0 amide bonds. The summed E-state index contributed by atoms with van der Waals surface area (Å²) in [6.07, 6.45) is 3.29. The first kappa shape index (κ1) is 16.2. The SMILES string of the molecule is CCCc1cc([C@@H]2CCCN2S(=O)(=O)c2c(C)noc2C)no1. The maximum absolute atomic E-state index is 13.0. The molecule has 1 atom stereocenters. The van der Waals surface area contributed by atoms with E-state index in [0.29, 0.717) is 23.7 Å². The summed E-state index contributed by atoms with van der Waals surface area (Å²) in [7, 11) is -3.66. The van der Waals surface area contributed by atoms with Crippen molar-refractivity contribution in [2.75, 3.05) is 6.54 Å². The third-order valence-electron chi connectivity index (χ3n) is 4.15. The predicted octanol–water partition coefficient (Wildman–Crippen LogP) is 2.76. The van der Waals surface area contributed by atoms with Gasteiger partial charge in [0.25, 0.3) is 0 Å². The number of rotatable bonds is 5. The molecule has 0 unspecified atom stereocenters. The summed E-state index contributed by atoms with van der Waals surface area (Å²) in [6.45, 7) is 5.79. The Balaban J connectivity index is 1.94. The van der Waals surface area contributed by atoms with Gasteiger partial charge in [-0.1, -0.05) is 17.2 Å². The zero-order chi connectivity index (χ0) is 16.6. The molecule has 8 heteroatoms. The van der Waals surface area contributed by atoms with Crippen molar-refractivity contribution in [3.8, 4) is 0 Å². The van der Waals surface area contributed by atoms with Crippen molar-refractivity contribution < 1.29 is 17.5 Å². The molecule has 23 heavy (non-hydrogen) atoms. The lowest BCUT2D eigenvalue weighted by Crippen LogP contribution is -2.31. The van der Waals surface area contributed by atoms with Crippen LogP contribution in [-0.4, -0.2) is 29.6 Å². The van der Waals surface area contributed by atoms with E-state index in [0.717, 1.165) is 31.4 Å². The lowest BCUT2D eigenvalue weighted by molar-refractivity contribution is 0.343. The van der Waals surface area contributed by atoms with E-state index in [1.165, 1.54) is 4.31 Å². The first-order valence-corrected chi connectivity index (χ1v) is 9.29. The molecule has 0 spiro atoms. The van der Waals surface area contributed by atoms with Crippen molar-refractivity contribution in [2.45, 2.75) is 57.4 Å². The molecule has 3 heterocycles. The minimum Gasteiger partial charge on any atom is -0.361 e. The fourth-order valence-corrected chi connectivity index (χ4v) is 5.10. The minimum absolute atomic E-state index is 0.168. The van der Waals surface area contributed by atoms with Gasteiger partial charge in [0.05, 0.1) is 6.04 Å². The average Bonchev–Trinajstić information content (AvgIpc) is 3.19. The molecule has 1 saturated heterocycles. The van der Waals surface area contributed by atoms with Crippen LogP contribution < -0.4 is 0 Å². The standard InChI is InChI=1S/C15H21N3O4S/c1-4-6-12-9-13(17-22-12)14-7-5-8-18(14)23(19,20)15-10(2)16-21-11(15)3/h9,14H,4-8H2,1-3H3/t14-/m0/s1. The zero-order valence-corrected chi connectivity index (χ0v) is 14.4. The molecule has 0 aromatic carbocycles. The van der Waals surface area contributed by atoms with E-state index in [2.05, 4.69) is 17.2 Å². The summed E-state index contributed by atoms with van der Waals surface area (Å²) >= 11 is 0. The van der Waals surface area contributed by atoms with Crippen molar-refractivity contribution in [3.05, 3.63) is 29.0 Å². The fraction of sp³-hybridized carbons (Fsp3) is 0.600. The second-order valence-electron chi connectivity index (χ2n) is 5.90. The maximum atomic E-state index is 13.0. The largest absolute Gasteiger partial charge is 0.361 e. The molecule has 0 saturated carbocycles. The number of aryl methyl sites for hydroxylation is 3. The predicted molar refractivity (Wildman–Crippen MR) is 82.3 cm³/mol. The Kier molecular flexibility index (Phi) is 4.29. The van der Waals surface area contributed by atoms with Gasteiger partial charge in [-0.05, 0) is 33.1 Å². The van der Waals surface area contributed by atoms with Gasteiger partial charge < -0.3 is 9.05 Å². The van der Waals surface area contributed by atoms with Crippen molar-refractivity contribution in [1.29, 1.82) is 0 Å². The molecule has 1 aliphatic rings. The number of aromatic nitrogens is 2. The summed E-state index contributed by atoms with van der Waals surface area (Å²) in [4.78, 5) is 0.168. The lowest BCUT2D eigenvalue weighted by atomic mass is 10.1. The second kappa shape index (κ2) is 6.09. The van der Waals surface area contributed by atoms with Gasteiger partial charge in [0, 0.05) is 19.0 Å². The topological polar surface area (TPSA) is 89.4 Å². The van der Waals surface area contributed by atoms with Crippen molar-refractivity contribution in [2.24, 2.45) is 0 Å². The van der Waals surface area contributed by atoms with Crippen LogP contribution in [0.15, 0.2) is 20.0 Å². The Morgan fingerprint density at radius 2 is 2.09 bits per heavy atom. The van der Waals surface area contributed by atoms with Crippen LogP contribution in [0.5, 0.6) is 0 Å². The van der Waals surface area contributed by atoms with E-state index in [4.69, 9.17) is 9.05 Å². The average molecular weight is 339 g/mol. The highest BCUT2D eigenvalue weighted by Crippen LogP contribution is 2.37. The van der Waals surface area contributed by atoms with Crippen molar-refractivity contribution in [3.63, 3.8) is 0 Å². The molecule has 2 aromatic rings. The van der Waals surface area contributed by atoms with Crippen LogP contribution in [0.1, 0.15) is 55.1 Å². The molecule has 2 aromatic heterocycles.